The summed E-state index contributed by atoms with van der Waals surface area (Å²) in [5.41, 5.74) is 5.45. The average Bonchev–Trinajstić information content (AvgIpc) is 3.25. The van der Waals surface area contributed by atoms with Gasteiger partial charge in [0.05, 0.1) is 46.8 Å². The number of nitrogens with one attached hydrogen (secondary N) is 4. The Bertz CT molecular complexity index is 2290. The van der Waals surface area contributed by atoms with E-state index in [4.69, 9.17) is 38.3 Å². The van der Waals surface area contributed by atoms with Gasteiger partial charge in [-0.05, 0) is 67.6 Å². The SMILES string of the molecule is CNc1cc(N2CCC(CN3CCN(c4ccc(Nc5ncc6c(n5)N(C)CN(c5c(Cl)cccc5Cl)C6=O)cc4OC)CC3)CC2)ccc1C(=N)C1CCC(=O)NC1=O. The summed E-state index contributed by atoms with van der Waals surface area (Å²) in [6, 6.07) is 17.2. The van der Waals surface area contributed by atoms with Gasteiger partial charge in [0.1, 0.15) is 17.1 Å². The van der Waals surface area contributed by atoms with Crippen molar-refractivity contribution in [1.29, 1.82) is 5.41 Å². The van der Waals surface area contributed by atoms with Crippen molar-refractivity contribution in [3.63, 3.8) is 0 Å². The van der Waals surface area contributed by atoms with E-state index in [2.05, 4.69) is 47.8 Å². The van der Waals surface area contributed by atoms with E-state index in [0.717, 1.165) is 87.2 Å². The lowest BCUT2D eigenvalue weighted by atomic mass is 9.88. The smallest absolute Gasteiger partial charge is 0.265 e. The van der Waals surface area contributed by atoms with Crippen LogP contribution < -0.4 is 40.3 Å². The fourth-order valence-electron chi connectivity index (χ4n) is 8.67. The van der Waals surface area contributed by atoms with Crippen LogP contribution in [0.1, 0.15) is 41.6 Å². The Morgan fingerprint density at radius 1 is 0.950 bits per heavy atom. The van der Waals surface area contributed by atoms with Gasteiger partial charge < -0.3 is 35.5 Å². The van der Waals surface area contributed by atoms with Crippen molar-refractivity contribution in [2.24, 2.45) is 11.8 Å². The molecule has 0 bridgehead atoms. The molecule has 0 saturated carbocycles. The van der Waals surface area contributed by atoms with Crippen LogP contribution in [0, 0.1) is 17.2 Å². The molecule has 15 nitrogen and oxygen atoms in total. The zero-order chi connectivity index (χ0) is 42.1. The molecule has 3 amide bonds. The van der Waals surface area contributed by atoms with E-state index < -0.39 is 11.8 Å². The predicted molar refractivity (Wildman–Crippen MR) is 237 cm³/mol. The van der Waals surface area contributed by atoms with Crippen LogP contribution >= 0.6 is 23.2 Å². The Kier molecular flexibility index (Phi) is 12.0. The van der Waals surface area contributed by atoms with Crippen LogP contribution in [0.2, 0.25) is 10.0 Å². The summed E-state index contributed by atoms with van der Waals surface area (Å²) in [6.07, 6.45) is 4.33. The molecule has 4 aliphatic rings. The molecule has 0 radical (unpaired) electrons. The third-order valence-electron chi connectivity index (χ3n) is 12.0. The first-order valence-corrected chi connectivity index (χ1v) is 21.0. The summed E-state index contributed by atoms with van der Waals surface area (Å²) in [5.74, 6) is 0.651. The van der Waals surface area contributed by atoms with Gasteiger partial charge in [-0.1, -0.05) is 29.3 Å². The first-order chi connectivity index (χ1) is 29.0. The first-order valence-electron chi connectivity index (χ1n) is 20.3. The molecule has 0 spiro atoms. The topological polar surface area (TPSA) is 162 Å². The molecule has 1 aromatic heterocycles. The number of hydrogen-bond donors (Lipinski definition) is 4. The fraction of sp³-hybridized carbons (Fsp3) is 0.395. The molecule has 8 rings (SSSR count). The van der Waals surface area contributed by atoms with Crippen LogP contribution in [0.25, 0.3) is 0 Å². The van der Waals surface area contributed by atoms with E-state index in [1.54, 1.807) is 25.3 Å². The van der Waals surface area contributed by atoms with Gasteiger partial charge >= 0.3 is 0 Å². The number of ether oxygens (including phenoxy) is 1. The number of methoxy groups -OCH3 is 1. The number of amides is 3. The highest BCUT2D eigenvalue weighted by molar-refractivity contribution is 6.40. The second-order valence-electron chi connectivity index (χ2n) is 15.7. The number of nitrogens with zero attached hydrogens (tertiary/aromatic N) is 7. The minimum atomic E-state index is -0.625. The minimum Gasteiger partial charge on any atom is -0.495 e. The Balaban J connectivity index is 0.832. The zero-order valence-electron chi connectivity index (χ0n) is 33.9. The van der Waals surface area contributed by atoms with Crippen molar-refractivity contribution < 1.29 is 19.1 Å². The largest absolute Gasteiger partial charge is 0.495 e. The maximum atomic E-state index is 13.5. The van der Waals surface area contributed by atoms with Crippen LogP contribution in [-0.4, -0.2) is 112 Å². The Morgan fingerprint density at radius 2 is 1.70 bits per heavy atom. The molecule has 4 N–H and O–H groups in total. The number of anilines is 7. The predicted octanol–water partition coefficient (Wildman–Crippen LogP) is 6.09. The van der Waals surface area contributed by atoms with E-state index in [1.165, 1.54) is 11.1 Å². The monoisotopic (exact) mass is 853 g/mol. The van der Waals surface area contributed by atoms with Gasteiger partial charge in [-0.25, -0.2) is 4.98 Å². The number of aromatic nitrogens is 2. The van der Waals surface area contributed by atoms with Gasteiger partial charge in [0.15, 0.2) is 0 Å². The van der Waals surface area contributed by atoms with Crippen LogP contribution in [0.4, 0.5) is 40.2 Å². The highest BCUT2D eigenvalue weighted by Crippen LogP contribution is 2.39. The van der Waals surface area contributed by atoms with E-state index >= 15 is 0 Å². The highest BCUT2D eigenvalue weighted by Gasteiger charge is 2.34. The quantitative estimate of drug-likeness (QED) is 0.102. The van der Waals surface area contributed by atoms with Gasteiger partial charge in [-0.15, -0.1) is 0 Å². The lowest BCUT2D eigenvalue weighted by Gasteiger charge is -2.40. The standard InChI is InChI=1S/C43H49Cl2N11O4/c1-47-34-22-28(8-9-29(34)38(46)30-10-12-37(57)50-41(30)58)54-15-13-26(14-16-54)24-53-17-19-55(20-18-53)35-11-7-27(21-36(35)60-3)49-43-48-23-31-40(51-43)52(2)25-56(42(31)59)39-32(44)5-4-6-33(39)45/h4-9,11,21-23,26,30,46-47H,10,12-20,24-25H2,1-3H3,(H,48,49,51)(H,50,57,58). The van der Waals surface area contributed by atoms with E-state index in [-0.39, 0.29) is 30.6 Å². The average molecular weight is 855 g/mol. The number of hydrogen-bond acceptors (Lipinski definition) is 13. The van der Waals surface area contributed by atoms with Gasteiger partial charge in [0.2, 0.25) is 17.8 Å². The molecular weight excluding hydrogens is 805 g/mol. The number of carbonyl (C=O) groups is 3. The second kappa shape index (κ2) is 17.5. The van der Waals surface area contributed by atoms with Crippen molar-refractivity contribution in [1.82, 2.24) is 20.2 Å². The van der Waals surface area contributed by atoms with Gasteiger partial charge in [0.25, 0.3) is 5.91 Å². The summed E-state index contributed by atoms with van der Waals surface area (Å²) >= 11 is 12.9. The van der Waals surface area contributed by atoms with Crippen LogP contribution in [0.3, 0.4) is 0 Å². The molecule has 1 unspecified atom stereocenters. The molecule has 3 saturated heterocycles. The van der Waals surface area contributed by atoms with E-state index in [0.29, 0.717) is 51.0 Å². The summed E-state index contributed by atoms with van der Waals surface area (Å²) < 4.78 is 5.87. The number of para-hydroxylation sites is 1. The molecule has 5 heterocycles. The molecule has 4 aromatic rings. The maximum absolute atomic E-state index is 13.5. The summed E-state index contributed by atoms with van der Waals surface area (Å²) in [6.45, 7) is 6.91. The normalized spacial score (nSPS) is 18.9. The Hall–Kier alpha value is -5.64. The second-order valence-corrected chi connectivity index (χ2v) is 16.5. The molecule has 0 aliphatic carbocycles. The summed E-state index contributed by atoms with van der Waals surface area (Å²) in [7, 11) is 5.37. The number of fused-ring (bicyclic) bond motifs is 1. The van der Waals surface area contributed by atoms with E-state index in [1.807, 2.05) is 43.3 Å². The molecular formula is C43H49Cl2N11O4. The molecule has 1 atom stereocenters. The summed E-state index contributed by atoms with van der Waals surface area (Å²) in [5, 5.41) is 18.4. The van der Waals surface area contributed by atoms with Crippen molar-refractivity contribution >= 4 is 86.8 Å². The molecule has 3 aromatic carbocycles. The molecule has 314 valence electrons. The van der Waals surface area contributed by atoms with Crippen LogP contribution in [-0.2, 0) is 9.59 Å². The van der Waals surface area contributed by atoms with E-state index in [9.17, 15) is 14.4 Å². The van der Waals surface area contributed by atoms with Gasteiger partial charge in [-0.2, -0.15) is 4.98 Å². The van der Waals surface area contributed by atoms with Crippen LogP contribution in [0.5, 0.6) is 5.75 Å². The van der Waals surface area contributed by atoms with Gasteiger partial charge in [-0.3, -0.25) is 29.5 Å². The number of piperazine rings is 1. The minimum absolute atomic E-state index is 0.222. The third-order valence-corrected chi connectivity index (χ3v) is 12.6. The maximum Gasteiger partial charge on any atom is 0.265 e. The number of carbonyl (C=O) groups excluding carboxylic acids is 3. The van der Waals surface area contributed by atoms with Crippen molar-refractivity contribution in [2.75, 3.05) is 104 Å². The Labute approximate surface area is 359 Å². The highest BCUT2D eigenvalue weighted by atomic mass is 35.5. The van der Waals surface area contributed by atoms with Crippen molar-refractivity contribution in [2.45, 2.75) is 25.7 Å². The van der Waals surface area contributed by atoms with Crippen molar-refractivity contribution in [3.8, 4) is 5.75 Å². The number of halogens is 2. The lowest BCUT2D eigenvalue weighted by molar-refractivity contribution is -0.134. The number of imide groups is 1. The number of benzene rings is 3. The third kappa shape index (κ3) is 8.38. The van der Waals surface area contributed by atoms with Crippen LogP contribution in [0.15, 0.2) is 60.8 Å². The molecule has 4 aliphatic heterocycles. The number of piperidine rings is 2. The number of rotatable bonds is 11. The fourth-order valence-corrected chi connectivity index (χ4v) is 9.27. The molecule has 3 fully saturated rings. The Morgan fingerprint density at radius 3 is 2.40 bits per heavy atom. The summed E-state index contributed by atoms with van der Waals surface area (Å²) in [4.78, 5) is 57.5. The zero-order valence-corrected chi connectivity index (χ0v) is 35.4. The molecule has 17 heteroatoms. The first kappa shape index (κ1) is 41.1. The van der Waals surface area contributed by atoms with Gasteiger partial charge in [0, 0.05) is 101 Å². The lowest BCUT2D eigenvalue weighted by Crippen LogP contribution is -2.49. The van der Waals surface area contributed by atoms with Crippen molar-refractivity contribution in [3.05, 3.63) is 82.0 Å². The molecule has 60 heavy (non-hydrogen) atoms.